The van der Waals surface area contributed by atoms with Gasteiger partial charge in [-0.1, -0.05) is 11.6 Å². The number of carbonyl (C=O) groups is 1. The summed E-state index contributed by atoms with van der Waals surface area (Å²) in [5, 5.41) is 21.6. The van der Waals surface area contributed by atoms with Crippen molar-refractivity contribution in [3.8, 4) is 22.9 Å². The summed E-state index contributed by atoms with van der Waals surface area (Å²) in [6, 6.07) is 14.7. The van der Waals surface area contributed by atoms with Crippen LogP contribution < -0.4 is 14.8 Å². The molecule has 0 atom stereocenters. The van der Waals surface area contributed by atoms with Crippen LogP contribution in [0.1, 0.15) is 10.4 Å². The molecule has 154 valence electrons. The number of carbonyl (C=O) groups excluding carboxylic acids is 1. The highest BCUT2D eigenvalue weighted by Gasteiger charge is 2.16. The lowest BCUT2D eigenvalue weighted by Gasteiger charge is -2.08. The largest absolute Gasteiger partial charge is 0.497 e. The number of nitro groups is 1. The molecule has 0 aliphatic carbocycles. The van der Waals surface area contributed by atoms with Crippen LogP contribution in [-0.2, 0) is 0 Å². The average Bonchev–Trinajstić information content (AvgIpc) is 2.77. The molecule has 2 aromatic carbocycles. The lowest BCUT2D eigenvalue weighted by atomic mass is 10.1. The monoisotopic (exact) mass is 428 g/mol. The van der Waals surface area contributed by atoms with E-state index >= 15 is 0 Å². The Morgan fingerprint density at radius 2 is 1.90 bits per heavy atom. The van der Waals surface area contributed by atoms with Crippen molar-refractivity contribution in [3.05, 3.63) is 75.3 Å². The Labute approximate surface area is 176 Å². The van der Waals surface area contributed by atoms with E-state index in [9.17, 15) is 14.9 Å². The third kappa shape index (κ3) is 5.21. The van der Waals surface area contributed by atoms with Crippen LogP contribution in [0.3, 0.4) is 0 Å². The van der Waals surface area contributed by atoms with E-state index in [1.165, 1.54) is 12.1 Å². The molecule has 1 heterocycles. The zero-order valence-corrected chi connectivity index (χ0v) is 16.6. The van der Waals surface area contributed by atoms with Gasteiger partial charge in [0.2, 0.25) is 5.88 Å². The summed E-state index contributed by atoms with van der Waals surface area (Å²) in [6.45, 7) is 0.329. The first-order valence-electron chi connectivity index (χ1n) is 8.81. The molecule has 9 nitrogen and oxygen atoms in total. The van der Waals surface area contributed by atoms with Gasteiger partial charge < -0.3 is 14.8 Å². The summed E-state index contributed by atoms with van der Waals surface area (Å²) in [5.74, 6) is 0.588. The molecule has 0 saturated heterocycles. The summed E-state index contributed by atoms with van der Waals surface area (Å²) >= 11 is 5.74. The first-order valence-corrected chi connectivity index (χ1v) is 9.19. The predicted molar refractivity (Wildman–Crippen MR) is 110 cm³/mol. The van der Waals surface area contributed by atoms with Crippen molar-refractivity contribution in [1.82, 2.24) is 15.5 Å². The van der Waals surface area contributed by atoms with Gasteiger partial charge in [-0.2, -0.15) is 0 Å². The fraction of sp³-hybridized carbons (Fsp3) is 0.150. The Morgan fingerprint density at radius 1 is 1.13 bits per heavy atom. The molecule has 30 heavy (non-hydrogen) atoms. The lowest BCUT2D eigenvalue weighted by Crippen LogP contribution is -2.28. The fourth-order valence-electron chi connectivity index (χ4n) is 2.53. The van der Waals surface area contributed by atoms with E-state index in [-0.39, 0.29) is 29.4 Å². The van der Waals surface area contributed by atoms with Crippen LogP contribution in [0.4, 0.5) is 5.69 Å². The Balaban J connectivity index is 1.50. The number of amides is 1. The minimum absolute atomic E-state index is 0.0310. The number of hydrogen-bond donors (Lipinski definition) is 1. The number of nitrogens with one attached hydrogen (secondary N) is 1. The second-order valence-corrected chi connectivity index (χ2v) is 6.42. The highest BCUT2D eigenvalue weighted by molar-refractivity contribution is 6.32. The van der Waals surface area contributed by atoms with E-state index in [1.54, 1.807) is 19.2 Å². The highest BCUT2D eigenvalue weighted by Crippen LogP contribution is 2.25. The highest BCUT2D eigenvalue weighted by atomic mass is 35.5. The second-order valence-electron chi connectivity index (χ2n) is 6.01. The average molecular weight is 429 g/mol. The van der Waals surface area contributed by atoms with E-state index in [0.717, 1.165) is 17.4 Å². The molecule has 0 fully saturated rings. The van der Waals surface area contributed by atoms with Gasteiger partial charge in [0.1, 0.15) is 17.4 Å². The number of aromatic nitrogens is 2. The third-order valence-electron chi connectivity index (χ3n) is 4.07. The molecule has 10 heteroatoms. The molecule has 0 bridgehead atoms. The van der Waals surface area contributed by atoms with Crippen molar-refractivity contribution in [2.45, 2.75) is 0 Å². The number of nitrogens with zero attached hydrogens (tertiary/aromatic N) is 3. The molecule has 3 aromatic rings. The third-order valence-corrected chi connectivity index (χ3v) is 4.39. The van der Waals surface area contributed by atoms with Gasteiger partial charge in [-0.05, 0) is 42.5 Å². The summed E-state index contributed by atoms with van der Waals surface area (Å²) in [7, 11) is 1.60. The molecule has 0 radical (unpaired) electrons. The molecule has 0 spiro atoms. The van der Waals surface area contributed by atoms with Crippen LogP contribution in [0.25, 0.3) is 11.3 Å². The molecule has 0 saturated carbocycles. The first-order chi connectivity index (χ1) is 14.5. The van der Waals surface area contributed by atoms with Gasteiger partial charge in [-0.3, -0.25) is 14.9 Å². The van der Waals surface area contributed by atoms with Gasteiger partial charge >= 0.3 is 0 Å². The normalized spacial score (nSPS) is 10.3. The van der Waals surface area contributed by atoms with E-state index in [0.29, 0.717) is 11.6 Å². The molecule has 0 aliphatic heterocycles. The maximum Gasteiger partial charge on any atom is 0.288 e. The van der Waals surface area contributed by atoms with Crippen LogP contribution in [0, 0.1) is 10.1 Å². The minimum atomic E-state index is -0.642. The molecule has 1 aromatic heterocycles. The lowest BCUT2D eigenvalue weighted by molar-refractivity contribution is -0.384. The van der Waals surface area contributed by atoms with Crippen LogP contribution in [-0.4, -0.2) is 41.3 Å². The number of halogens is 1. The molecule has 1 amide bonds. The molecular formula is C20H17ClN4O5. The molecule has 1 N–H and O–H groups in total. The Bertz CT molecular complexity index is 1040. The molecule has 0 unspecified atom stereocenters. The zero-order valence-electron chi connectivity index (χ0n) is 15.9. The van der Waals surface area contributed by atoms with Crippen molar-refractivity contribution < 1.29 is 19.2 Å². The van der Waals surface area contributed by atoms with E-state index < -0.39 is 10.8 Å². The van der Waals surface area contributed by atoms with Gasteiger partial charge in [-0.25, -0.2) is 0 Å². The summed E-state index contributed by atoms with van der Waals surface area (Å²) in [6.07, 6.45) is 0. The van der Waals surface area contributed by atoms with Gasteiger partial charge in [0.25, 0.3) is 11.6 Å². The number of benzene rings is 2. The molecular weight excluding hydrogens is 412 g/mol. The van der Waals surface area contributed by atoms with Crippen LogP contribution >= 0.6 is 11.6 Å². The van der Waals surface area contributed by atoms with Crippen LogP contribution in [0.2, 0.25) is 5.02 Å². The number of hydrogen-bond acceptors (Lipinski definition) is 7. The summed E-state index contributed by atoms with van der Waals surface area (Å²) in [5.41, 5.74) is 1.38. The quantitative estimate of drug-likeness (QED) is 0.331. The first kappa shape index (κ1) is 21.0. The summed E-state index contributed by atoms with van der Waals surface area (Å²) in [4.78, 5) is 22.4. The van der Waals surface area contributed by atoms with Crippen molar-refractivity contribution in [2.75, 3.05) is 20.3 Å². The smallest absolute Gasteiger partial charge is 0.288 e. The van der Waals surface area contributed by atoms with Gasteiger partial charge in [-0.15, -0.1) is 10.2 Å². The van der Waals surface area contributed by atoms with Crippen molar-refractivity contribution in [2.24, 2.45) is 0 Å². The number of ether oxygens (including phenoxy) is 2. The van der Waals surface area contributed by atoms with Crippen LogP contribution in [0.15, 0.2) is 54.6 Å². The zero-order chi connectivity index (χ0) is 21.5. The topological polar surface area (TPSA) is 116 Å². The fourth-order valence-corrected chi connectivity index (χ4v) is 2.72. The number of methoxy groups -OCH3 is 1. The second kappa shape index (κ2) is 9.66. The van der Waals surface area contributed by atoms with Gasteiger partial charge in [0.05, 0.1) is 24.3 Å². The van der Waals surface area contributed by atoms with E-state index in [1.807, 2.05) is 24.3 Å². The van der Waals surface area contributed by atoms with E-state index in [2.05, 4.69) is 15.5 Å². The predicted octanol–water partition coefficient (Wildman–Crippen LogP) is 3.52. The van der Waals surface area contributed by atoms with Gasteiger partial charge in [0, 0.05) is 23.3 Å². The number of nitro benzene ring substituents is 1. The minimum Gasteiger partial charge on any atom is -0.497 e. The van der Waals surface area contributed by atoms with Crippen LogP contribution in [0.5, 0.6) is 11.6 Å². The van der Waals surface area contributed by atoms with Crippen molar-refractivity contribution in [1.29, 1.82) is 0 Å². The molecule has 3 rings (SSSR count). The van der Waals surface area contributed by atoms with Crippen molar-refractivity contribution >= 4 is 23.2 Å². The Kier molecular flexibility index (Phi) is 6.76. The van der Waals surface area contributed by atoms with Crippen molar-refractivity contribution in [3.63, 3.8) is 0 Å². The SMILES string of the molecule is COc1ccc(-c2ccc(OCCNC(=O)c3ccc(Cl)c([N+](=O)[O-])c3)nn2)cc1. The van der Waals surface area contributed by atoms with E-state index in [4.69, 9.17) is 21.1 Å². The molecule has 0 aliphatic rings. The summed E-state index contributed by atoms with van der Waals surface area (Å²) < 4.78 is 10.6. The van der Waals surface area contributed by atoms with Gasteiger partial charge in [0.15, 0.2) is 0 Å². The Morgan fingerprint density at radius 3 is 2.53 bits per heavy atom. The Hall–Kier alpha value is -3.72. The maximum absolute atomic E-state index is 12.1. The maximum atomic E-state index is 12.1. The standard InChI is InChI=1S/C20H17ClN4O5/c1-29-15-5-2-13(3-6-15)17-8-9-19(24-23-17)30-11-10-22-20(26)14-4-7-16(21)18(12-14)25(27)28/h2-9,12H,10-11H2,1H3,(H,22,26). The number of rotatable bonds is 8.